The monoisotopic (exact) mass is 305 g/mol. The standard InChI is InChI=1S/C17H20ClNS/c1-3-19-11-15-10-16(18)8-9-17(15)20-12-14-7-5-4-6-13(14)2/h4-10,19H,3,11-12H2,1-2H3. The van der Waals surface area contributed by atoms with Crippen molar-refractivity contribution < 1.29 is 0 Å². The van der Waals surface area contributed by atoms with E-state index in [1.807, 2.05) is 17.8 Å². The second kappa shape index (κ2) is 7.72. The minimum absolute atomic E-state index is 0.804. The number of halogens is 1. The lowest BCUT2D eigenvalue weighted by atomic mass is 10.1. The van der Waals surface area contributed by atoms with Crippen molar-refractivity contribution in [3.63, 3.8) is 0 Å². The first-order valence-electron chi connectivity index (χ1n) is 6.87. The third-order valence-corrected chi connectivity index (χ3v) is 4.63. The molecule has 0 bridgehead atoms. The molecule has 0 radical (unpaired) electrons. The first-order valence-corrected chi connectivity index (χ1v) is 8.23. The van der Waals surface area contributed by atoms with E-state index in [1.165, 1.54) is 21.6 Å². The first-order chi connectivity index (χ1) is 9.70. The van der Waals surface area contributed by atoms with Crippen LogP contribution in [0.15, 0.2) is 47.4 Å². The Bertz CT molecular complexity index is 569. The van der Waals surface area contributed by atoms with Crippen LogP contribution in [0, 0.1) is 6.92 Å². The second-order valence-electron chi connectivity index (χ2n) is 4.75. The van der Waals surface area contributed by atoms with Crippen LogP contribution in [-0.2, 0) is 12.3 Å². The average molecular weight is 306 g/mol. The molecule has 1 N–H and O–H groups in total. The Balaban J connectivity index is 2.10. The van der Waals surface area contributed by atoms with Gasteiger partial charge in [-0.15, -0.1) is 11.8 Å². The predicted molar refractivity (Wildman–Crippen MR) is 89.6 cm³/mol. The Morgan fingerprint density at radius 1 is 1.10 bits per heavy atom. The van der Waals surface area contributed by atoms with E-state index in [0.717, 1.165) is 23.9 Å². The number of hydrogen-bond donors (Lipinski definition) is 1. The molecule has 3 heteroatoms. The molecule has 0 unspecified atom stereocenters. The normalized spacial score (nSPS) is 10.8. The molecule has 0 fully saturated rings. The highest BCUT2D eigenvalue weighted by Gasteiger charge is 2.05. The first kappa shape index (κ1) is 15.4. The molecule has 0 saturated carbocycles. The van der Waals surface area contributed by atoms with Gasteiger partial charge in [-0.1, -0.05) is 42.8 Å². The van der Waals surface area contributed by atoms with Crippen LogP contribution in [-0.4, -0.2) is 6.54 Å². The SMILES string of the molecule is CCNCc1cc(Cl)ccc1SCc1ccccc1C. The summed E-state index contributed by atoms with van der Waals surface area (Å²) in [4.78, 5) is 1.30. The highest BCUT2D eigenvalue weighted by Crippen LogP contribution is 2.29. The lowest BCUT2D eigenvalue weighted by Gasteiger charge is -2.11. The average Bonchev–Trinajstić information content (AvgIpc) is 2.45. The fourth-order valence-electron chi connectivity index (χ4n) is 2.01. The zero-order chi connectivity index (χ0) is 14.4. The minimum atomic E-state index is 0.804. The Labute approximate surface area is 130 Å². The van der Waals surface area contributed by atoms with Crippen molar-refractivity contribution >= 4 is 23.4 Å². The van der Waals surface area contributed by atoms with Crippen molar-refractivity contribution in [2.45, 2.75) is 31.0 Å². The van der Waals surface area contributed by atoms with Crippen molar-refractivity contribution in [1.82, 2.24) is 5.32 Å². The highest BCUT2D eigenvalue weighted by molar-refractivity contribution is 7.98. The molecule has 1 nitrogen and oxygen atoms in total. The summed E-state index contributed by atoms with van der Waals surface area (Å²) < 4.78 is 0. The van der Waals surface area contributed by atoms with Gasteiger partial charge in [0, 0.05) is 22.2 Å². The van der Waals surface area contributed by atoms with E-state index < -0.39 is 0 Å². The molecular formula is C17H20ClNS. The summed E-state index contributed by atoms with van der Waals surface area (Å²) in [6.07, 6.45) is 0. The van der Waals surface area contributed by atoms with Crippen LogP contribution in [0.2, 0.25) is 5.02 Å². The molecule has 0 heterocycles. The maximum absolute atomic E-state index is 6.10. The van der Waals surface area contributed by atoms with Crippen molar-refractivity contribution in [2.75, 3.05) is 6.54 Å². The highest BCUT2D eigenvalue weighted by atomic mass is 35.5. The van der Waals surface area contributed by atoms with Gasteiger partial charge in [0.05, 0.1) is 0 Å². The van der Waals surface area contributed by atoms with E-state index in [4.69, 9.17) is 11.6 Å². The molecule has 0 aliphatic heterocycles. The maximum atomic E-state index is 6.10. The number of nitrogens with one attached hydrogen (secondary N) is 1. The molecule has 0 spiro atoms. The maximum Gasteiger partial charge on any atom is 0.0410 e. The van der Waals surface area contributed by atoms with E-state index in [-0.39, 0.29) is 0 Å². The summed E-state index contributed by atoms with van der Waals surface area (Å²) in [6, 6.07) is 14.7. The van der Waals surface area contributed by atoms with E-state index in [0.29, 0.717) is 0 Å². The van der Waals surface area contributed by atoms with Gasteiger partial charge in [-0.25, -0.2) is 0 Å². The molecule has 20 heavy (non-hydrogen) atoms. The van der Waals surface area contributed by atoms with E-state index in [9.17, 15) is 0 Å². The zero-order valence-corrected chi connectivity index (χ0v) is 13.5. The fraction of sp³-hybridized carbons (Fsp3) is 0.294. The Hall–Kier alpha value is -0.960. The van der Waals surface area contributed by atoms with Crippen LogP contribution in [0.1, 0.15) is 23.6 Å². The van der Waals surface area contributed by atoms with E-state index >= 15 is 0 Å². The molecule has 0 amide bonds. The van der Waals surface area contributed by atoms with E-state index in [2.05, 4.69) is 55.6 Å². The lowest BCUT2D eigenvalue weighted by Crippen LogP contribution is -2.12. The van der Waals surface area contributed by atoms with Gasteiger partial charge in [0.25, 0.3) is 0 Å². The predicted octanol–water partition coefficient (Wildman–Crippen LogP) is 5.05. The number of benzene rings is 2. The van der Waals surface area contributed by atoms with Gasteiger partial charge >= 0.3 is 0 Å². The molecule has 0 aliphatic rings. The summed E-state index contributed by atoms with van der Waals surface area (Å²) in [5.74, 6) is 0.993. The van der Waals surface area contributed by atoms with E-state index in [1.54, 1.807) is 0 Å². The van der Waals surface area contributed by atoms with Crippen LogP contribution in [0.3, 0.4) is 0 Å². The summed E-state index contributed by atoms with van der Waals surface area (Å²) in [7, 11) is 0. The van der Waals surface area contributed by atoms with Gasteiger partial charge in [-0.2, -0.15) is 0 Å². The summed E-state index contributed by atoms with van der Waals surface area (Å²) in [5, 5.41) is 4.17. The molecule has 2 rings (SSSR count). The molecule has 0 aromatic heterocycles. The van der Waals surface area contributed by atoms with Crippen LogP contribution >= 0.6 is 23.4 Å². The molecule has 0 saturated heterocycles. The Morgan fingerprint density at radius 2 is 1.90 bits per heavy atom. The number of hydrogen-bond acceptors (Lipinski definition) is 2. The zero-order valence-electron chi connectivity index (χ0n) is 11.9. The third kappa shape index (κ3) is 4.27. The fourth-order valence-corrected chi connectivity index (χ4v) is 3.32. The molecule has 2 aromatic carbocycles. The lowest BCUT2D eigenvalue weighted by molar-refractivity contribution is 0.718. The van der Waals surface area contributed by atoms with Crippen molar-refractivity contribution in [1.29, 1.82) is 0 Å². The molecule has 0 aliphatic carbocycles. The molecular weight excluding hydrogens is 286 g/mol. The Morgan fingerprint density at radius 3 is 2.65 bits per heavy atom. The molecule has 0 atom stereocenters. The van der Waals surface area contributed by atoms with Gasteiger partial charge in [0.15, 0.2) is 0 Å². The number of rotatable bonds is 6. The smallest absolute Gasteiger partial charge is 0.0410 e. The Kier molecular flexibility index (Phi) is 5.96. The topological polar surface area (TPSA) is 12.0 Å². The summed E-state index contributed by atoms with van der Waals surface area (Å²) >= 11 is 7.98. The number of aryl methyl sites for hydroxylation is 1. The van der Waals surface area contributed by atoms with Crippen molar-refractivity contribution in [3.8, 4) is 0 Å². The number of thioether (sulfide) groups is 1. The van der Waals surface area contributed by atoms with Gasteiger partial charge in [-0.3, -0.25) is 0 Å². The van der Waals surface area contributed by atoms with Crippen LogP contribution in [0.4, 0.5) is 0 Å². The molecule has 2 aromatic rings. The van der Waals surface area contributed by atoms with Crippen molar-refractivity contribution in [2.24, 2.45) is 0 Å². The van der Waals surface area contributed by atoms with Crippen LogP contribution in [0.5, 0.6) is 0 Å². The largest absolute Gasteiger partial charge is 0.313 e. The third-order valence-electron chi connectivity index (χ3n) is 3.23. The minimum Gasteiger partial charge on any atom is -0.313 e. The van der Waals surface area contributed by atoms with Crippen LogP contribution < -0.4 is 5.32 Å². The van der Waals surface area contributed by atoms with Crippen molar-refractivity contribution in [3.05, 3.63) is 64.2 Å². The van der Waals surface area contributed by atoms with Gasteiger partial charge in [0.2, 0.25) is 0 Å². The second-order valence-corrected chi connectivity index (χ2v) is 6.20. The van der Waals surface area contributed by atoms with Gasteiger partial charge in [-0.05, 0) is 48.4 Å². The summed E-state index contributed by atoms with van der Waals surface area (Å²) in [5.41, 5.74) is 4.02. The van der Waals surface area contributed by atoms with Crippen LogP contribution in [0.25, 0.3) is 0 Å². The molecule has 106 valence electrons. The summed E-state index contributed by atoms with van der Waals surface area (Å²) in [6.45, 7) is 6.11. The quantitative estimate of drug-likeness (QED) is 0.749. The van der Waals surface area contributed by atoms with Gasteiger partial charge < -0.3 is 5.32 Å². The van der Waals surface area contributed by atoms with Gasteiger partial charge in [0.1, 0.15) is 0 Å².